The van der Waals surface area contributed by atoms with Crippen LogP contribution >= 0.6 is 35.3 Å². The molecular formula is C17H22F2IN5S. The van der Waals surface area contributed by atoms with Crippen molar-refractivity contribution in [2.24, 2.45) is 10.7 Å². The molecule has 1 unspecified atom stereocenters. The molecule has 0 spiro atoms. The summed E-state index contributed by atoms with van der Waals surface area (Å²) >= 11 is 1.63. The van der Waals surface area contributed by atoms with Gasteiger partial charge in [0.15, 0.2) is 11.1 Å². The Hall–Kier alpha value is -1.49. The van der Waals surface area contributed by atoms with E-state index in [0.717, 1.165) is 37.4 Å². The molecule has 1 fully saturated rings. The molecule has 1 aromatic heterocycles. The van der Waals surface area contributed by atoms with Gasteiger partial charge < -0.3 is 15.5 Å². The zero-order chi connectivity index (χ0) is 17.8. The summed E-state index contributed by atoms with van der Waals surface area (Å²) in [5.41, 5.74) is 6.54. The highest BCUT2D eigenvalue weighted by Crippen LogP contribution is 2.21. The molecule has 9 heteroatoms. The topological polar surface area (TPSA) is 57.8 Å². The van der Waals surface area contributed by atoms with E-state index in [1.165, 1.54) is 12.1 Å². The van der Waals surface area contributed by atoms with Gasteiger partial charge in [0.1, 0.15) is 11.6 Å². The van der Waals surface area contributed by atoms with Crippen molar-refractivity contribution in [1.82, 2.24) is 9.88 Å². The Labute approximate surface area is 172 Å². The zero-order valence-electron chi connectivity index (χ0n) is 14.4. The predicted octanol–water partition coefficient (Wildman–Crippen LogP) is 3.28. The van der Waals surface area contributed by atoms with Crippen LogP contribution in [0.5, 0.6) is 0 Å². The lowest BCUT2D eigenvalue weighted by Crippen LogP contribution is -2.51. The van der Waals surface area contributed by atoms with Crippen LogP contribution in [0.2, 0.25) is 0 Å². The molecule has 2 heterocycles. The van der Waals surface area contributed by atoms with E-state index in [9.17, 15) is 8.78 Å². The van der Waals surface area contributed by atoms with Crippen molar-refractivity contribution in [2.75, 3.05) is 37.6 Å². The summed E-state index contributed by atoms with van der Waals surface area (Å²) in [6.45, 7) is 5.44. The largest absolute Gasteiger partial charge is 0.370 e. The molecule has 1 aliphatic heterocycles. The van der Waals surface area contributed by atoms with Gasteiger partial charge in [-0.05, 0) is 11.6 Å². The third-order valence-electron chi connectivity index (χ3n) is 4.31. The fraction of sp³-hybridized carbons (Fsp3) is 0.412. The molecule has 1 aliphatic rings. The SMILES string of the molecule is CC(CN=C(N)N1CCN(c2nccs2)CC1)c1ccc(F)cc1F.I. The molecule has 0 radical (unpaired) electrons. The predicted molar refractivity (Wildman–Crippen MR) is 113 cm³/mol. The number of guanidine groups is 1. The third-order valence-corrected chi connectivity index (χ3v) is 5.15. The second-order valence-electron chi connectivity index (χ2n) is 6.05. The lowest BCUT2D eigenvalue weighted by atomic mass is 10.0. The van der Waals surface area contributed by atoms with E-state index in [4.69, 9.17) is 5.73 Å². The summed E-state index contributed by atoms with van der Waals surface area (Å²) in [6.07, 6.45) is 1.80. The van der Waals surface area contributed by atoms with Gasteiger partial charge in [-0.3, -0.25) is 4.99 Å². The number of rotatable bonds is 4. The fourth-order valence-corrected chi connectivity index (χ4v) is 3.53. The zero-order valence-corrected chi connectivity index (χ0v) is 17.6. The number of thiazole rings is 1. The molecule has 26 heavy (non-hydrogen) atoms. The smallest absolute Gasteiger partial charge is 0.191 e. The van der Waals surface area contributed by atoms with Gasteiger partial charge in [-0.1, -0.05) is 13.0 Å². The van der Waals surface area contributed by atoms with Gasteiger partial charge in [0, 0.05) is 56.3 Å². The first-order chi connectivity index (χ1) is 12.0. The van der Waals surface area contributed by atoms with Crippen LogP contribution in [0.1, 0.15) is 18.4 Å². The first-order valence-electron chi connectivity index (χ1n) is 8.19. The molecule has 0 saturated carbocycles. The summed E-state index contributed by atoms with van der Waals surface area (Å²) in [4.78, 5) is 13.0. The minimum Gasteiger partial charge on any atom is -0.370 e. The average Bonchev–Trinajstić information content (AvgIpc) is 3.14. The number of aromatic nitrogens is 1. The highest BCUT2D eigenvalue weighted by molar-refractivity contribution is 14.0. The van der Waals surface area contributed by atoms with Crippen LogP contribution in [-0.2, 0) is 0 Å². The normalized spacial score (nSPS) is 16.3. The number of piperazine rings is 1. The van der Waals surface area contributed by atoms with Gasteiger partial charge in [0.25, 0.3) is 0 Å². The second kappa shape index (κ2) is 9.45. The number of nitrogens with two attached hydrogens (primary N) is 1. The van der Waals surface area contributed by atoms with Gasteiger partial charge in [-0.25, -0.2) is 13.8 Å². The molecule has 2 aromatic rings. The summed E-state index contributed by atoms with van der Waals surface area (Å²) in [6, 6.07) is 3.63. The van der Waals surface area contributed by atoms with Crippen LogP contribution < -0.4 is 10.6 Å². The van der Waals surface area contributed by atoms with Crippen molar-refractivity contribution >= 4 is 46.4 Å². The molecule has 0 bridgehead atoms. The Balaban J connectivity index is 0.00000243. The summed E-state index contributed by atoms with van der Waals surface area (Å²) in [7, 11) is 0. The Morgan fingerprint density at radius 1 is 1.31 bits per heavy atom. The first kappa shape index (κ1) is 20.8. The van der Waals surface area contributed by atoms with Crippen LogP contribution in [0.25, 0.3) is 0 Å². The third kappa shape index (κ3) is 5.03. The van der Waals surface area contributed by atoms with Crippen LogP contribution in [0.4, 0.5) is 13.9 Å². The molecule has 1 atom stereocenters. The molecule has 1 saturated heterocycles. The summed E-state index contributed by atoms with van der Waals surface area (Å²) in [5.74, 6) is -0.822. The van der Waals surface area contributed by atoms with Gasteiger partial charge >= 0.3 is 0 Å². The Bertz CT molecular complexity index is 733. The maximum absolute atomic E-state index is 13.8. The highest BCUT2D eigenvalue weighted by atomic mass is 127. The van der Waals surface area contributed by atoms with Gasteiger partial charge in [0.2, 0.25) is 0 Å². The number of nitrogens with zero attached hydrogens (tertiary/aromatic N) is 4. The van der Waals surface area contributed by atoms with E-state index >= 15 is 0 Å². The van der Waals surface area contributed by atoms with Crippen molar-refractivity contribution in [1.29, 1.82) is 0 Å². The van der Waals surface area contributed by atoms with Crippen molar-refractivity contribution in [3.63, 3.8) is 0 Å². The van der Waals surface area contributed by atoms with E-state index in [-0.39, 0.29) is 29.9 Å². The van der Waals surface area contributed by atoms with Crippen molar-refractivity contribution in [3.05, 3.63) is 47.0 Å². The lowest BCUT2D eigenvalue weighted by Gasteiger charge is -2.35. The lowest BCUT2D eigenvalue weighted by molar-refractivity contribution is 0.380. The number of aliphatic imine (C=N–C) groups is 1. The summed E-state index contributed by atoms with van der Waals surface area (Å²) < 4.78 is 26.8. The van der Waals surface area contributed by atoms with E-state index < -0.39 is 11.6 Å². The Morgan fingerprint density at radius 3 is 2.65 bits per heavy atom. The highest BCUT2D eigenvalue weighted by Gasteiger charge is 2.20. The van der Waals surface area contributed by atoms with Gasteiger partial charge in [-0.15, -0.1) is 35.3 Å². The quantitative estimate of drug-likeness (QED) is 0.404. The fourth-order valence-electron chi connectivity index (χ4n) is 2.83. The number of anilines is 1. The van der Waals surface area contributed by atoms with Crippen LogP contribution in [0.15, 0.2) is 34.8 Å². The van der Waals surface area contributed by atoms with E-state index in [0.29, 0.717) is 18.1 Å². The first-order valence-corrected chi connectivity index (χ1v) is 9.07. The minimum atomic E-state index is -0.574. The molecule has 142 valence electrons. The van der Waals surface area contributed by atoms with E-state index in [1.54, 1.807) is 17.5 Å². The number of hydrogen-bond acceptors (Lipinski definition) is 4. The molecule has 1 aromatic carbocycles. The van der Waals surface area contributed by atoms with Crippen LogP contribution in [-0.4, -0.2) is 48.6 Å². The standard InChI is InChI=1S/C17H21F2N5S.HI/c1-12(14-3-2-13(18)10-15(14)19)11-22-16(20)23-5-7-24(8-6-23)17-21-4-9-25-17;/h2-4,9-10,12H,5-8,11H2,1H3,(H2,20,22);1H. The molecule has 0 aliphatic carbocycles. The second-order valence-corrected chi connectivity index (χ2v) is 6.93. The molecule has 2 N–H and O–H groups in total. The van der Waals surface area contributed by atoms with Crippen molar-refractivity contribution in [3.8, 4) is 0 Å². The maximum atomic E-state index is 13.8. The Kier molecular flexibility index (Phi) is 7.56. The van der Waals surface area contributed by atoms with Crippen molar-refractivity contribution in [2.45, 2.75) is 12.8 Å². The average molecular weight is 493 g/mol. The Morgan fingerprint density at radius 2 is 2.04 bits per heavy atom. The van der Waals surface area contributed by atoms with E-state index in [1.807, 2.05) is 17.2 Å². The monoisotopic (exact) mass is 493 g/mol. The molecule has 0 amide bonds. The molecule has 3 rings (SSSR count). The van der Waals surface area contributed by atoms with Crippen molar-refractivity contribution < 1.29 is 8.78 Å². The molecule has 5 nitrogen and oxygen atoms in total. The molecular weight excluding hydrogens is 471 g/mol. The van der Waals surface area contributed by atoms with E-state index in [2.05, 4.69) is 14.9 Å². The van der Waals surface area contributed by atoms with Gasteiger partial charge in [-0.2, -0.15) is 0 Å². The van der Waals surface area contributed by atoms with Crippen LogP contribution in [0.3, 0.4) is 0 Å². The van der Waals surface area contributed by atoms with Crippen LogP contribution in [0, 0.1) is 11.6 Å². The summed E-state index contributed by atoms with van der Waals surface area (Å²) in [5, 5.41) is 2.99. The number of hydrogen-bond donors (Lipinski definition) is 1. The number of halogens is 3. The minimum absolute atomic E-state index is 0. The van der Waals surface area contributed by atoms with Gasteiger partial charge in [0.05, 0.1) is 0 Å². The maximum Gasteiger partial charge on any atom is 0.191 e. The number of benzene rings is 1.